The van der Waals surface area contributed by atoms with Gasteiger partial charge in [-0.3, -0.25) is 4.99 Å². The molecule has 1 unspecified atom stereocenters. The van der Waals surface area contributed by atoms with Crippen LogP contribution in [0.15, 0.2) is 77.9 Å². The number of aliphatic imine (C=N–C) groups is 1. The zero-order valence-electron chi connectivity index (χ0n) is 10.9. The molecule has 0 N–H and O–H groups in total. The predicted molar refractivity (Wildman–Crippen MR) is 88.1 cm³/mol. The molecule has 0 radical (unpaired) electrons. The maximum atomic E-state index is 4.85. The second-order valence-corrected chi connectivity index (χ2v) is 5.98. The van der Waals surface area contributed by atoms with Crippen molar-refractivity contribution in [2.45, 2.75) is 0 Å². The van der Waals surface area contributed by atoms with Crippen LogP contribution >= 0.6 is 11.3 Å². The summed E-state index contributed by atoms with van der Waals surface area (Å²) in [5, 5.41) is 1.29. The summed E-state index contributed by atoms with van der Waals surface area (Å²) in [6, 6.07) is 10.7. The fourth-order valence-electron chi connectivity index (χ4n) is 2.51. The van der Waals surface area contributed by atoms with Crippen molar-refractivity contribution in [1.29, 1.82) is 0 Å². The third-order valence-corrected chi connectivity index (χ3v) is 4.68. The summed E-state index contributed by atoms with van der Waals surface area (Å²) in [6.45, 7) is 0. The Labute approximate surface area is 122 Å². The first-order valence-electron chi connectivity index (χ1n) is 6.71. The van der Waals surface area contributed by atoms with E-state index in [2.05, 4.69) is 72.9 Å². The molecule has 0 saturated carbocycles. The highest BCUT2D eigenvalue weighted by Gasteiger charge is 2.14. The summed E-state index contributed by atoms with van der Waals surface area (Å²) < 4.78 is 1.31. The topological polar surface area (TPSA) is 12.4 Å². The number of benzene rings is 1. The van der Waals surface area contributed by atoms with Crippen LogP contribution in [0.2, 0.25) is 0 Å². The van der Waals surface area contributed by atoms with Crippen LogP contribution in [0, 0.1) is 5.92 Å². The molecule has 1 aliphatic heterocycles. The van der Waals surface area contributed by atoms with E-state index in [1.807, 2.05) is 0 Å². The number of thiophene rings is 1. The fourth-order valence-corrected chi connectivity index (χ4v) is 3.54. The maximum absolute atomic E-state index is 4.85. The molecule has 1 nitrogen and oxygen atoms in total. The van der Waals surface area contributed by atoms with Gasteiger partial charge in [0.05, 0.1) is 16.3 Å². The van der Waals surface area contributed by atoms with E-state index in [-0.39, 0.29) is 0 Å². The molecule has 0 spiro atoms. The molecule has 1 aromatic heterocycles. The van der Waals surface area contributed by atoms with E-state index >= 15 is 0 Å². The number of fused-ring (bicyclic) bond motifs is 2. The smallest absolute Gasteiger partial charge is 0.0805 e. The monoisotopic (exact) mass is 275 g/mol. The number of hydrogen-bond acceptors (Lipinski definition) is 2. The zero-order valence-corrected chi connectivity index (χ0v) is 11.7. The van der Waals surface area contributed by atoms with Gasteiger partial charge in [-0.15, -0.1) is 11.3 Å². The lowest BCUT2D eigenvalue weighted by Crippen LogP contribution is -2.08. The molecule has 2 heterocycles. The van der Waals surface area contributed by atoms with Crippen molar-refractivity contribution < 1.29 is 0 Å². The lowest BCUT2D eigenvalue weighted by molar-refractivity contribution is 1.13. The highest BCUT2D eigenvalue weighted by atomic mass is 32.1. The molecule has 1 atom stereocenters. The van der Waals surface area contributed by atoms with Gasteiger partial charge in [0.1, 0.15) is 0 Å². The SMILES string of the molecule is C1=CC2=NC(c3cc4ccccc4s3)=CC=CC2C=C1. The normalized spacial score (nSPS) is 20.5. The van der Waals surface area contributed by atoms with Gasteiger partial charge in [0, 0.05) is 10.6 Å². The summed E-state index contributed by atoms with van der Waals surface area (Å²) in [7, 11) is 0. The van der Waals surface area contributed by atoms with Crippen LogP contribution in [-0.2, 0) is 0 Å². The molecule has 4 rings (SSSR count). The Balaban J connectivity index is 1.81. The quantitative estimate of drug-likeness (QED) is 0.695. The van der Waals surface area contributed by atoms with Gasteiger partial charge in [0.2, 0.25) is 0 Å². The van der Waals surface area contributed by atoms with Gasteiger partial charge in [-0.2, -0.15) is 0 Å². The van der Waals surface area contributed by atoms with E-state index in [9.17, 15) is 0 Å². The Morgan fingerprint density at radius 1 is 1.00 bits per heavy atom. The number of rotatable bonds is 1. The summed E-state index contributed by atoms with van der Waals surface area (Å²) in [5.74, 6) is 0.308. The second kappa shape index (κ2) is 4.73. The van der Waals surface area contributed by atoms with Crippen molar-refractivity contribution in [3.63, 3.8) is 0 Å². The van der Waals surface area contributed by atoms with Crippen molar-refractivity contribution >= 4 is 32.8 Å². The summed E-state index contributed by atoms with van der Waals surface area (Å²) >= 11 is 1.80. The molecule has 2 heteroatoms. The van der Waals surface area contributed by atoms with Gasteiger partial charge in [-0.25, -0.2) is 0 Å². The van der Waals surface area contributed by atoms with Crippen molar-refractivity contribution in [3.05, 3.63) is 77.7 Å². The Bertz CT molecular complexity index is 782. The van der Waals surface area contributed by atoms with Crippen LogP contribution in [0.25, 0.3) is 15.8 Å². The summed E-state index contributed by atoms with van der Waals surface area (Å²) in [5.41, 5.74) is 2.17. The molecule has 0 fully saturated rings. The first-order valence-corrected chi connectivity index (χ1v) is 7.53. The Morgan fingerprint density at radius 3 is 2.85 bits per heavy atom. The number of hydrogen-bond donors (Lipinski definition) is 0. The molecule has 0 bridgehead atoms. The number of nitrogens with zero attached hydrogens (tertiary/aromatic N) is 1. The summed E-state index contributed by atoms with van der Waals surface area (Å²) in [6.07, 6.45) is 14.8. The van der Waals surface area contributed by atoms with Crippen LogP contribution in [0.4, 0.5) is 0 Å². The van der Waals surface area contributed by atoms with Crippen LogP contribution in [0.3, 0.4) is 0 Å². The standard InChI is InChI=1S/C18H13NS/c1-3-9-15-13(6-1)8-5-10-16(19-15)18-12-14-7-2-4-11-17(14)20-18/h1-13H. The van der Waals surface area contributed by atoms with Gasteiger partial charge in [-0.05, 0) is 29.7 Å². The lowest BCUT2D eigenvalue weighted by atomic mass is 9.98. The van der Waals surface area contributed by atoms with E-state index in [1.165, 1.54) is 15.0 Å². The molecule has 2 aliphatic rings. The molecule has 0 amide bonds. The maximum Gasteiger partial charge on any atom is 0.0805 e. The first kappa shape index (κ1) is 11.6. The molecule has 1 aromatic carbocycles. The molecule has 2 aromatic rings. The largest absolute Gasteiger partial charge is 0.251 e. The van der Waals surface area contributed by atoms with E-state index in [1.54, 1.807) is 11.3 Å². The minimum atomic E-state index is 0.308. The van der Waals surface area contributed by atoms with Crippen molar-refractivity contribution in [2.24, 2.45) is 10.9 Å². The molecule has 96 valence electrons. The van der Waals surface area contributed by atoms with E-state index in [4.69, 9.17) is 4.99 Å². The van der Waals surface area contributed by atoms with Crippen molar-refractivity contribution in [2.75, 3.05) is 0 Å². The predicted octanol–water partition coefficient (Wildman–Crippen LogP) is 5.00. The second-order valence-electron chi connectivity index (χ2n) is 4.89. The Kier molecular flexibility index (Phi) is 2.75. The first-order chi connectivity index (χ1) is 9.90. The zero-order chi connectivity index (χ0) is 13.4. The fraction of sp³-hybridized carbons (Fsp3) is 0.0556. The molecule has 0 saturated heterocycles. The lowest BCUT2D eigenvalue weighted by Gasteiger charge is -2.10. The molecular formula is C18H13NS. The Hall–Kier alpha value is -2.19. The van der Waals surface area contributed by atoms with E-state index in [0.29, 0.717) is 5.92 Å². The minimum Gasteiger partial charge on any atom is -0.251 e. The molecular weight excluding hydrogens is 262 g/mol. The highest BCUT2D eigenvalue weighted by molar-refractivity contribution is 7.20. The van der Waals surface area contributed by atoms with E-state index in [0.717, 1.165) is 11.4 Å². The van der Waals surface area contributed by atoms with Crippen LogP contribution < -0.4 is 0 Å². The average molecular weight is 275 g/mol. The van der Waals surface area contributed by atoms with Crippen molar-refractivity contribution in [3.8, 4) is 0 Å². The van der Waals surface area contributed by atoms with Gasteiger partial charge in [0.15, 0.2) is 0 Å². The van der Waals surface area contributed by atoms with Gasteiger partial charge in [0.25, 0.3) is 0 Å². The van der Waals surface area contributed by atoms with Crippen LogP contribution in [0.5, 0.6) is 0 Å². The van der Waals surface area contributed by atoms with Gasteiger partial charge >= 0.3 is 0 Å². The number of allylic oxidation sites excluding steroid dienone is 7. The highest BCUT2D eigenvalue weighted by Crippen LogP contribution is 2.32. The van der Waals surface area contributed by atoms with Gasteiger partial charge in [-0.1, -0.05) is 48.6 Å². The van der Waals surface area contributed by atoms with Crippen molar-refractivity contribution in [1.82, 2.24) is 0 Å². The minimum absolute atomic E-state index is 0.308. The molecule has 20 heavy (non-hydrogen) atoms. The van der Waals surface area contributed by atoms with Crippen LogP contribution in [0.1, 0.15) is 4.88 Å². The Morgan fingerprint density at radius 2 is 1.90 bits per heavy atom. The summed E-state index contributed by atoms with van der Waals surface area (Å²) in [4.78, 5) is 6.08. The van der Waals surface area contributed by atoms with E-state index < -0.39 is 0 Å². The van der Waals surface area contributed by atoms with Crippen LogP contribution in [-0.4, -0.2) is 5.71 Å². The third kappa shape index (κ3) is 1.98. The average Bonchev–Trinajstić information content (AvgIpc) is 2.80. The molecule has 1 aliphatic carbocycles. The van der Waals surface area contributed by atoms with Gasteiger partial charge < -0.3 is 0 Å². The third-order valence-electron chi connectivity index (χ3n) is 3.54.